The first-order chi connectivity index (χ1) is 11.5. The Morgan fingerprint density at radius 2 is 2.04 bits per heavy atom. The number of hydrogen-bond acceptors (Lipinski definition) is 4. The Bertz CT molecular complexity index is 684. The van der Waals surface area contributed by atoms with E-state index in [-0.39, 0.29) is 5.91 Å². The van der Waals surface area contributed by atoms with Crippen LogP contribution < -0.4 is 10.6 Å². The maximum absolute atomic E-state index is 12.1. The first-order valence-electron chi connectivity index (χ1n) is 8.43. The lowest BCUT2D eigenvalue weighted by Crippen LogP contribution is -2.48. The Morgan fingerprint density at radius 1 is 1.25 bits per heavy atom. The van der Waals surface area contributed by atoms with E-state index in [2.05, 4.69) is 36.4 Å². The maximum Gasteiger partial charge on any atom is 0.258 e. The van der Waals surface area contributed by atoms with Crippen LogP contribution in [0.3, 0.4) is 0 Å². The largest absolute Gasteiger partial charge is 0.472 e. The molecule has 1 fully saturated rings. The molecular weight excluding hydrogens is 302 g/mol. The third kappa shape index (κ3) is 3.79. The molecule has 0 aliphatic carbocycles. The summed E-state index contributed by atoms with van der Waals surface area (Å²) in [5.74, 6) is 0.414. The highest BCUT2D eigenvalue weighted by atomic mass is 16.3. The highest BCUT2D eigenvalue weighted by molar-refractivity contribution is 6.04. The predicted molar refractivity (Wildman–Crippen MR) is 96.4 cm³/mol. The van der Waals surface area contributed by atoms with Crippen LogP contribution in [0.5, 0.6) is 0 Å². The Hall–Kier alpha value is -2.27. The zero-order valence-electron chi connectivity index (χ0n) is 14.5. The molecule has 0 bridgehead atoms. The molecule has 1 aliphatic heterocycles. The molecule has 2 N–H and O–H groups in total. The standard InChI is InChI=1S/C19H25N3O2/c1-13-11-22(3)14(2)9-18(13)20-16-5-4-6-17(10-16)21-19(23)15-7-8-24-12-15/h4-8,10,12-14,18,20H,9,11H2,1-3H3,(H,21,23)/t13-,14+,18-/m1/s1. The molecule has 24 heavy (non-hydrogen) atoms. The second-order valence-corrected chi connectivity index (χ2v) is 6.80. The van der Waals surface area contributed by atoms with E-state index in [1.165, 1.54) is 12.5 Å². The van der Waals surface area contributed by atoms with Crippen LogP contribution in [-0.2, 0) is 0 Å². The summed E-state index contributed by atoms with van der Waals surface area (Å²) in [4.78, 5) is 14.5. The number of furan rings is 1. The number of nitrogens with one attached hydrogen (secondary N) is 2. The van der Waals surface area contributed by atoms with Gasteiger partial charge in [0.25, 0.3) is 5.91 Å². The van der Waals surface area contributed by atoms with Crippen LogP contribution in [0.1, 0.15) is 30.6 Å². The van der Waals surface area contributed by atoms with Gasteiger partial charge in [0.2, 0.25) is 0 Å². The molecule has 0 saturated carbocycles. The second-order valence-electron chi connectivity index (χ2n) is 6.80. The minimum Gasteiger partial charge on any atom is -0.472 e. The van der Waals surface area contributed by atoms with E-state index in [4.69, 9.17) is 4.42 Å². The van der Waals surface area contributed by atoms with Crippen molar-refractivity contribution in [3.8, 4) is 0 Å². The summed E-state index contributed by atoms with van der Waals surface area (Å²) in [5.41, 5.74) is 2.33. The van der Waals surface area contributed by atoms with Crippen LogP contribution in [0.15, 0.2) is 47.3 Å². The third-order valence-electron chi connectivity index (χ3n) is 4.87. The lowest BCUT2D eigenvalue weighted by molar-refractivity contribution is 0.102. The van der Waals surface area contributed by atoms with Gasteiger partial charge in [0.1, 0.15) is 6.26 Å². The highest BCUT2D eigenvalue weighted by Gasteiger charge is 2.28. The van der Waals surface area contributed by atoms with E-state index < -0.39 is 0 Å². The number of carbonyl (C=O) groups excluding carboxylic acids is 1. The van der Waals surface area contributed by atoms with E-state index in [1.54, 1.807) is 6.07 Å². The average molecular weight is 327 g/mol. The molecule has 2 heterocycles. The van der Waals surface area contributed by atoms with Crippen molar-refractivity contribution in [3.63, 3.8) is 0 Å². The van der Waals surface area contributed by atoms with E-state index >= 15 is 0 Å². The summed E-state index contributed by atoms with van der Waals surface area (Å²) < 4.78 is 4.95. The molecule has 128 valence electrons. The first-order valence-corrected chi connectivity index (χ1v) is 8.43. The topological polar surface area (TPSA) is 57.5 Å². The van der Waals surface area contributed by atoms with Crippen molar-refractivity contribution < 1.29 is 9.21 Å². The molecule has 1 aliphatic rings. The monoisotopic (exact) mass is 327 g/mol. The van der Waals surface area contributed by atoms with Crippen molar-refractivity contribution in [1.29, 1.82) is 0 Å². The molecule has 5 heteroatoms. The summed E-state index contributed by atoms with van der Waals surface area (Å²) in [6.45, 7) is 5.64. The van der Waals surface area contributed by atoms with Gasteiger partial charge in [-0.2, -0.15) is 0 Å². The Morgan fingerprint density at radius 3 is 2.79 bits per heavy atom. The zero-order valence-corrected chi connectivity index (χ0v) is 14.5. The SMILES string of the molecule is C[C@@H]1CN(C)[C@@H](C)C[C@H]1Nc1cccc(NC(=O)c2ccoc2)c1. The van der Waals surface area contributed by atoms with Gasteiger partial charge in [0.15, 0.2) is 0 Å². The quantitative estimate of drug-likeness (QED) is 0.899. The third-order valence-corrected chi connectivity index (χ3v) is 4.87. The molecule has 0 spiro atoms. The van der Waals surface area contributed by atoms with Crippen LogP contribution in [0.2, 0.25) is 0 Å². The van der Waals surface area contributed by atoms with Crippen LogP contribution in [0.25, 0.3) is 0 Å². The van der Waals surface area contributed by atoms with Gasteiger partial charge in [-0.3, -0.25) is 4.79 Å². The molecule has 1 amide bonds. The fourth-order valence-corrected chi connectivity index (χ4v) is 3.24. The minimum atomic E-state index is -0.165. The normalized spacial score (nSPS) is 24.5. The Labute approximate surface area is 143 Å². The number of carbonyl (C=O) groups is 1. The van der Waals surface area contributed by atoms with Crippen LogP contribution in [0, 0.1) is 5.92 Å². The number of rotatable bonds is 4. The summed E-state index contributed by atoms with van der Waals surface area (Å²) in [6, 6.07) is 10.5. The van der Waals surface area contributed by atoms with Gasteiger partial charge in [0, 0.05) is 30.0 Å². The average Bonchev–Trinajstić information content (AvgIpc) is 3.07. The number of benzene rings is 1. The molecule has 1 aromatic carbocycles. The van der Waals surface area contributed by atoms with E-state index in [1.807, 2.05) is 24.3 Å². The number of anilines is 2. The molecule has 2 aromatic rings. The summed E-state index contributed by atoms with van der Waals surface area (Å²) in [5, 5.41) is 6.54. The fraction of sp³-hybridized carbons (Fsp3) is 0.421. The molecular formula is C19H25N3O2. The lowest BCUT2D eigenvalue weighted by atomic mass is 9.89. The molecule has 3 atom stereocenters. The van der Waals surface area contributed by atoms with Crippen molar-refractivity contribution >= 4 is 17.3 Å². The van der Waals surface area contributed by atoms with Crippen LogP contribution in [-0.4, -0.2) is 36.5 Å². The van der Waals surface area contributed by atoms with Gasteiger partial charge >= 0.3 is 0 Å². The minimum absolute atomic E-state index is 0.165. The molecule has 1 aromatic heterocycles. The van der Waals surface area contributed by atoms with Gasteiger partial charge < -0.3 is 20.0 Å². The molecule has 0 unspecified atom stereocenters. The van der Waals surface area contributed by atoms with Gasteiger partial charge in [-0.15, -0.1) is 0 Å². The summed E-state index contributed by atoms with van der Waals surface area (Å²) in [7, 11) is 2.18. The fourth-order valence-electron chi connectivity index (χ4n) is 3.24. The first kappa shape index (κ1) is 16.6. The van der Waals surface area contributed by atoms with Crippen molar-refractivity contribution in [2.75, 3.05) is 24.2 Å². The van der Waals surface area contributed by atoms with E-state index in [9.17, 15) is 4.79 Å². The molecule has 1 saturated heterocycles. The van der Waals surface area contributed by atoms with Crippen LogP contribution >= 0.6 is 0 Å². The van der Waals surface area contributed by atoms with Crippen molar-refractivity contribution in [3.05, 3.63) is 48.4 Å². The highest BCUT2D eigenvalue weighted by Crippen LogP contribution is 2.25. The van der Waals surface area contributed by atoms with Gasteiger partial charge in [-0.05, 0) is 50.6 Å². The second kappa shape index (κ2) is 7.09. The summed E-state index contributed by atoms with van der Waals surface area (Å²) in [6.07, 6.45) is 4.05. The van der Waals surface area contributed by atoms with Gasteiger partial charge in [-0.1, -0.05) is 13.0 Å². The lowest BCUT2D eigenvalue weighted by Gasteiger charge is -2.40. The molecule has 0 radical (unpaired) electrons. The van der Waals surface area contributed by atoms with Gasteiger partial charge in [0.05, 0.1) is 11.8 Å². The molecule has 3 rings (SSSR count). The Balaban J connectivity index is 1.66. The number of hydrogen-bond donors (Lipinski definition) is 2. The molecule has 5 nitrogen and oxygen atoms in total. The van der Waals surface area contributed by atoms with Crippen molar-refractivity contribution in [1.82, 2.24) is 4.90 Å². The van der Waals surface area contributed by atoms with E-state index in [0.29, 0.717) is 23.6 Å². The number of nitrogens with zero attached hydrogens (tertiary/aromatic N) is 1. The van der Waals surface area contributed by atoms with E-state index in [0.717, 1.165) is 24.3 Å². The number of amides is 1. The smallest absolute Gasteiger partial charge is 0.258 e. The van der Waals surface area contributed by atoms with Crippen molar-refractivity contribution in [2.45, 2.75) is 32.4 Å². The Kier molecular flexibility index (Phi) is 4.90. The van der Waals surface area contributed by atoms with Gasteiger partial charge in [-0.25, -0.2) is 0 Å². The van der Waals surface area contributed by atoms with Crippen LogP contribution in [0.4, 0.5) is 11.4 Å². The predicted octanol–water partition coefficient (Wildman–Crippen LogP) is 3.67. The van der Waals surface area contributed by atoms with Crippen molar-refractivity contribution in [2.24, 2.45) is 5.92 Å². The summed E-state index contributed by atoms with van der Waals surface area (Å²) >= 11 is 0. The maximum atomic E-state index is 12.1. The number of piperidine rings is 1. The zero-order chi connectivity index (χ0) is 17.1. The number of likely N-dealkylation sites (tertiary alicyclic amines) is 1.